The number of nitrogens with one attached hydrogen (secondary N) is 3. The molecule has 0 saturated carbocycles. The van der Waals surface area contributed by atoms with Crippen molar-refractivity contribution < 1.29 is 22.9 Å². The maximum atomic E-state index is 12.3. The molecule has 28 heavy (non-hydrogen) atoms. The van der Waals surface area contributed by atoms with Crippen molar-refractivity contribution in [2.24, 2.45) is 0 Å². The Bertz CT molecular complexity index is 966. The van der Waals surface area contributed by atoms with Gasteiger partial charge < -0.3 is 15.5 Å². The van der Waals surface area contributed by atoms with Crippen LogP contribution in [0.4, 0.5) is 11.4 Å². The quantitative estimate of drug-likeness (QED) is 0.636. The van der Waals surface area contributed by atoms with Crippen LogP contribution >= 0.6 is 0 Å². The molecule has 2 aromatic rings. The van der Waals surface area contributed by atoms with E-state index in [0.717, 1.165) is 23.1 Å². The minimum atomic E-state index is -3.35. The number of likely N-dealkylation sites (N-methyl/N-ethyl adjacent to an activating group) is 1. The number of carbonyl (C=O) groups is 2. The molecule has 0 aromatic heterocycles. The lowest BCUT2D eigenvalue weighted by atomic mass is 10.1. The number of aryl methyl sites for hydroxylation is 2. The van der Waals surface area contributed by atoms with E-state index in [2.05, 4.69) is 10.6 Å². The van der Waals surface area contributed by atoms with Crippen molar-refractivity contribution >= 4 is 33.0 Å². The number of quaternary nitrogens is 1. The molecule has 0 bridgehead atoms. The van der Waals surface area contributed by atoms with E-state index in [9.17, 15) is 18.0 Å². The molecule has 1 atom stereocenters. The molecule has 0 aliphatic carbocycles. The lowest BCUT2D eigenvalue weighted by molar-refractivity contribution is -0.862. The third-order valence-corrected chi connectivity index (χ3v) is 5.33. The van der Waals surface area contributed by atoms with E-state index < -0.39 is 9.84 Å². The normalized spacial score (nSPS) is 12.3. The summed E-state index contributed by atoms with van der Waals surface area (Å²) in [5.41, 5.74) is 3.16. The first kappa shape index (κ1) is 21.6. The van der Waals surface area contributed by atoms with Crippen LogP contribution in [0.1, 0.15) is 11.1 Å². The fourth-order valence-corrected chi connectivity index (χ4v) is 3.48. The minimum absolute atomic E-state index is 0.0727. The van der Waals surface area contributed by atoms with E-state index in [4.69, 9.17) is 0 Å². The van der Waals surface area contributed by atoms with Gasteiger partial charge in [-0.05, 0) is 43.2 Å². The third-order valence-electron chi connectivity index (χ3n) is 4.22. The highest BCUT2D eigenvalue weighted by Gasteiger charge is 2.16. The van der Waals surface area contributed by atoms with Crippen molar-refractivity contribution in [3.8, 4) is 0 Å². The van der Waals surface area contributed by atoms with E-state index in [1.165, 1.54) is 12.1 Å². The van der Waals surface area contributed by atoms with Crippen LogP contribution in [-0.2, 0) is 19.4 Å². The maximum Gasteiger partial charge on any atom is 0.279 e. The lowest BCUT2D eigenvalue weighted by Gasteiger charge is -2.15. The number of para-hydroxylation sites is 1. The largest absolute Gasteiger partial charge is 0.322 e. The molecule has 7 nitrogen and oxygen atoms in total. The van der Waals surface area contributed by atoms with Gasteiger partial charge in [0.25, 0.3) is 11.8 Å². The number of hydrogen-bond acceptors (Lipinski definition) is 4. The molecular formula is C20H26N3O4S+. The fraction of sp³-hybridized carbons (Fsp3) is 0.300. The van der Waals surface area contributed by atoms with Crippen LogP contribution in [0.15, 0.2) is 47.4 Å². The molecule has 0 fully saturated rings. The first-order valence-electron chi connectivity index (χ1n) is 8.83. The van der Waals surface area contributed by atoms with Gasteiger partial charge in [0.05, 0.1) is 11.9 Å². The van der Waals surface area contributed by atoms with Gasteiger partial charge in [0.15, 0.2) is 22.9 Å². The van der Waals surface area contributed by atoms with Crippen LogP contribution in [-0.4, -0.2) is 46.6 Å². The van der Waals surface area contributed by atoms with Crippen LogP contribution in [0.3, 0.4) is 0 Å². The summed E-state index contributed by atoms with van der Waals surface area (Å²) >= 11 is 0. The number of amides is 2. The Morgan fingerprint density at radius 1 is 0.929 bits per heavy atom. The van der Waals surface area contributed by atoms with Crippen molar-refractivity contribution in [1.29, 1.82) is 0 Å². The Morgan fingerprint density at radius 2 is 1.46 bits per heavy atom. The molecule has 150 valence electrons. The molecule has 8 heteroatoms. The second-order valence-corrected chi connectivity index (χ2v) is 8.99. The molecule has 2 amide bonds. The molecule has 0 radical (unpaired) electrons. The molecule has 2 aromatic carbocycles. The number of rotatable bonds is 7. The summed E-state index contributed by atoms with van der Waals surface area (Å²) < 4.78 is 23.2. The van der Waals surface area contributed by atoms with Crippen LogP contribution in [0.5, 0.6) is 0 Å². The average Bonchev–Trinajstić information content (AvgIpc) is 2.57. The van der Waals surface area contributed by atoms with Gasteiger partial charge in [-0.2, -0.15) is 0 Å². The summed E-state index contributed by atoms with van der Waals surface area (Å²) in [7, 11) is -1.60. The fourth-order valence-electron chi connectivity index (χ4n) is 2.82. The summed E-state index contributed by atoms with van der Waals surface area (Å²) in [6.07, 6.45) is 1.11. The van der Waals surface area contributed by atoms with Gasteiger partial charge in [-0.3, -0.25) is 9.59 Å². The minimum Gasteiger partial charge on any atom is -0.322 e. The number of carbonyl (C=O) groups excluding carboxylic acids is 2. The molecule has 0 aliphatic heterocycles. The highest BCUT2D eigenvalue weighted by Crippen LogP contribution is 2.19. The maximum absolute atomic E-state index is 12.3. The second-order valence-electron chi connectivity index (χ2n) is 6.97. The number of sulfone groups is 1. The van der Waals surface area contributed by atoms with Crippen LogP contribution < -0.4 is 15.5 Å². The van der Waals surface area contributed by atoms with Gasteiger partial charge in [-0.1, -0.05) is 24.3 Å². The van der Waals surface area contributed by atoms with Crippen LogP contribution in [0.25, 0.3) is 0 Å². The van der Waals surface area contributed by atoms with Crippen molar-refractivity contribution in [2.75, 3.05) is 37.0 Å². The molecule has 0 heterocycles. The summed E-state index contributed by atoms with van der Waals surface area (Å²) in [4.78, 5) is 25.4. The Balaban J connectivity index is 1.91. The van der Waals surface area contributed by atoms with Gasteiger partial charge >= 0.3 is 0 Å². The smallest absolute Gasteiger partial charge is 0.279 e. The SMILES string of the molecule is Cc1cccc(C)c1NC(=O)C[NH+](C)CC(=O)Nc1cccc(S(C)(=O)=O)c1. The summed E-state index contributed by atoms with van der Waals surface area (Å²) in [5, 5.41) is 5.57. The average molecular weight is 405 g/mol. The first-order valence-corrected chi connectivity index (χ1v) is 10.7. The Labute approximate surface area is 165 Å². The number of benzene rings is 2. The number of hydrogen-bond donors (Lipinski definition) is 3. The van der Waals surface area contributed by atoms with Crippen molar-refractivity contribution in [3.63, 3.8) is 0 Å². The predicted molar refractivity (Wildman–Crippen MR) is 109 cm³/mol. The van der Waals surface area contributed by atoms with Gasteiger partial charge in [0.2, 0.25) is 0 Å². The van der Waals surface area contributed by atoms with Crippen LogP contribution in [0.2, 0.25) is 0 Å². The highest BCUT2D eigenvalue weighted by molar-refractivity contribution is 7.90. The van der Waals surface area contributed by atoms with Gasteiger partial charge in [0, 0.05) is 17.6 Å². The Morgan fingerprint density at radius 3 is 2.04 bits per heavy atom. The van der Waals surface area contributed by atoms with E-state index in [0.29, 0.717) is 10.6 Å². The second kappa shape index (κ2) is 8.99. The zero-order valence-electron chi connectivity index (χ0n) is 16.5. The van der Waals surface area contributed by atoms with Crippen molar-refractivity contribution in [1.82, 2.24) is 0 Å². The lowest BCUT2D eigenvalue weighted by Crippen LogP contribution is -3.11. The van der Waals surface area contributed by atoms with E-state index in [-0.39, 0.29) is 29.8 Å². The summed E-state index contributed by atoms with van der Waals surface area (Å²) in [5.74, 6) is -0.482. The molecule has 0 saturated heterocycles. The molecule has 2 rings (SSSR count). The summed E-state index contributed by atoms with van der Waals surface area (Å²) in [6, 6.07) is 11.9. The molecule has 0 aliphatic rings. The van der Waals surface area contributed by atoms with E-state index >= 15 is 0 Å². The van der Waals surface area contributed by atoms with Crippen molar-refractivity contribution in [3.05, 3.63) is 53.6 Å². The monoisotopic (exact) mass is 404 g/mol. The molecule has 0 spiro atoms. The molecule has 3 N–H and O–H groups in total. The standard InChI is InChI=1S/C20H25N3O4S/c1-14-7-5-8-15(2)20(14)22-19(25)13-23(3)12-18(24)21-16-9-6-10-17(11-16)28(4,26)27/h5-11H,12-13H2,1-4H3,(H,21,24)(H,22,25)/p+1. The first-order chi connectivity index (χ1) is 13.1. The number of anilines is 2. The topological polar surface area (TPSA) is 96.8 Å². The van der Waals surface area contributed by atoms with Crippen molar-refractivity contribution in [2.45, 2.75) is 18.7 Å². The van der Waals surface area contributed by atoms with E-state index in [1.54, 1.807) is 19.2 Å². The Hall–Kier alpha value is -2.71. The Kier molecular flexibility index (Phi) is 6.93. The zero-order valence-corrected chi connectivity index (χ0v) is 17.3. The van der Waals surface area contributed by atoms with Crippen LogP contribution in [0, 0.1) is 13.8 Å². The van der Waals surface area contributed by atoms with E-state index in [1.807, 2.05) is 32.0 Å². The summed E-state index contributed by atoms with van der Waals surface area (Å²) in [6.45, 7) is 4.06. The van der Waals surface area contributed by atoms with Gasteiger partial charge in [-0.25, -0.2) is 8.42 Å². The third kappa shape index (κ3) is 6.17. The van der Waals surface area contributed by atoms with Gasteiger partial charge in [-0.15, -0.1) is 0 Å². The van der Waals surface area contributed by atoms with Gasteiger partial charge in [0.1, 0.15) is 0 Å². The molecule has 1 unspecified atom stereocenters. The molecular weight excluding hydrogens is 378 g/mol. The highest BCUT2D eigenvalue weighted by atomic mass is 32.2. The zero-order chi connectivity index (χ0) is 20.9. The predicted octanol–water partition coefficient (Wildman–Crippen LogP) is 0.799.